The van der Waals surface area contributed by atoms with Gasteiger partial charge in [0.1, 0.15) is 19.0 Å². The number of carbonyl (C=O) groups excluding carboxylic acids is 2. The second kappa shape index (κ2) is 9.40. The number of Topliss-reactive ketones (excluding diaryl/α,β-unsaturated/α-hetero) is 1. The Labute approximate surface area is 187 Å². The van der Waals surface area contributed by atoms with E-state index in [4.69, 9.17) is 9.47 Å². The fraction of sp³-hybridized carbons (Fsp3) is 0.375. The number of pyridine rings is 1. The maximum absolute atomic E-state index is 13.1. The van der Waals surface area contributed by atoms with E-state index in [2.05, 4.69) is 23.7 Å². The first-order valence-corrected chi connectivity index (χ1v) is 10.9. The number of amides is 1. The number of ketones is 1. The zero-order chi connectivity index (χ0) is 22.7. The predicted octanol–water partition coefficient (Wildman–Crippen LogP) is 2.62. The van der Waals surface area contributed by atoms with Gasteiger partial charge < -0.3 is 24.4 Å². The molecular weight excluding hydrogens is 410 g/mol. The van der Waals surface area contributed by atoms with Gasteiger partial charge in [-0.2, -0.15) is 0 Å². The van der Waals surface area contributed by atoms with Gasteiger partial charge in [-0.25, -0.2) is 0 Å². The number of rotatable bonds is 7. The van der Waals surface area contributed by atoms with Crippen LogP contribution in [0.1, 0.15) is 31.0 Å². The number of aliphatic hydroxyl groups excluding tert-OH is 1. The number of nitrogens with zero attached hydrogens (tertiary/aromatic N) is 3. The smallest absolute Gasteiger partial charge is 0.295 e. The molecule has 0 saturated carbocycles. The Morgan fingerprint density at radius 3 is 2.47 bits per heavy atom. The highest BCUT2D eigenvalue weighted by molar-refractivity contribution is 6.46. The average Bonchev–Trinajstić information content (AvgIpc) is 3.09. The normalized spacial score (nSPS) is 19.6. The van der Waals surface area contributed by atoms with Crippen LogP contribution in [-0.4, -0.2) is 71.0 Å². The Morgan fingerprint density at radius 2 is 1.78 bits per heavy atom. The summed E-state index contributed by atoms with van der Waals surface area (Å²) in [7, 11) is 0. The highest BCUT2D eigenvalue weighted by atomic mass is 16.6. The van der Waals surface area contributed by atoms with Gasteiger partial charge >= 0.3 is 0 Å². The Bertz CT molecular complexity index is 1030. The second-order valence-corrected chi connectivity index (χ2v) is 7.66. The lowest BCUT2D eigenvalue weighted by molar-refractivity contribution is -0.140. The Balaban J connectivity index is 1.76. The molecule has 2 aliphatic rings. The van der Waals surface area contributed by atoms with Crippen LogP contribution in [0.3, 0.4) is 0 Å². The van der Waals surface area contributed by atoms with Crippen molar-refractivity contribution in [1.82, 2.24) is 14.8 Å². The summed E-state index contributed by atoms with van der Waals surface area (Å²) in [6.07, 6.45) is 3.23. The molecule has 0 aliphatic carbocycles. The monoisotopic (exact) mass is 437 g/mol. The van der Waals surface area contributed by atoms with Gasteiger partial charge in [-0.15, -0.1) is 0 Å². The van der Waals surface area contributed by atoms with Crippen molar-refractivity contribution >= 4 is 17.4 Å². The van der Waals surface area contributed by atoms with E-state index >= 15 is 0 Å². The standard InChI is InChI=1S/C24H27N3O5/c1-3-26(4-2)11-12-27-21(16-7-9-25-10-8-16)20(23(29)24(27)30)22(28)17-5-6-18-19(15-17)32-14-13-31-18/h5-10,15,21,28H,3-4,11-14H2,1-2H3/b22-20-. The fourth-order valence-electron chi connectivity index (χ4n) is 4.14. The molecule has 1 fully saturated rings. The molecule has 1 N–H and O–H groups in total. The van der Waals surface area contributed by atoms with Crippen LogP contribution < -0.4 is 9.47 Å². The van der Waals surface area contributed by atoms with Crippen molar-refractivity contribution in [2.75, 3.05) is 39.4 Å². The lowest BCUT2D eigenvalue weighted by atomic mass is 9.96. The van der Waals surface area contributed by atoms with Crippen molar-refractivity contribution in [3.8, 4) is 11.5 Å². The third-order valence-corrected chi connectivity index (χ3v) is 5.93. The summed E-state index contributed by atoms with van der Waals surface area (Å²) < 4.78 is 11.2. The lowest BCUT2D eigenvalue weighted by Gasteiger charge is -2.28. The van der Waals surface area contributed by atoms with E-state index in [0.29, 0.717) is 43.4 Å². The van der Waals surface area contributed by atoms with E-state index in [1.807, 2.05) is 0 Å². The zero-order valence-corrected chi connectivity index (χ0v) is 18.3. The van der Waals surface area contributed by atoms with Gasteiger partial charge in [0.2, 0.25) is 0 Å². The van der Waals surface area contributed by atoms with E-state index in [-0.39, 0.29) is 11.3 Å². The van der Waals surface area contributed by atoms with Crippen LogP contribution in [0.4, 0.5) is 0 Å². The number of ether oxygens (including phenoxy) is 2. The molecule has 1 aromatic heterocycles. The summed E-state index contributed by atoms with van der Waals surface area (Å²) in [5.74, 6) is -0.459. The molecule has 1 atom stereocenters. The number of hydrogen-bond acceptors (Lipinski definition) is 7. The van der Waals surface area contributed by atoms with Crippen molar-refractivity contribution in [1.29, 1.82) is 0 Å². The number of carbonyl (C=O) groups is 2. The van der Waals surface area contributed by atoms with E-state index < -0.39 is 17.7 Å². The Kier molecular flexibility index (Phi) is 6.41. The Hall–Kier alpha value is -3.39. The maximum Gasteiger partial charge on any atom is 0.295 e. The fourth-order valence-corrected chi connectivity index (χ4v) is 4.14. The summed E-state index contributed by atoms with van der Waals surface area (Å²) in [6.45, 7) is 7.67. The van der Waals surface area contributed by atoms with Gasteiger partial charge in [0.15, 0.2) is 11.5 Å². The van der Waals surface area contributed by atoms with Gasteiger partial charge in [-0.3, -0.25) is 14.6 Å². The number of benzene rings is 1. The molecule has 1 aromatic carbocycles. The van der Waals surface area contributed by atoms with E-state index in [9.17, 15) is 14.7 Å². The first kappa shape index (κ1) is 21.8. The largest absolute Gasteiger partial charge is 0.507 e. The highest BCUT2D eigenvalue weighted by Gasteiger charge is 2.46. The number of likely N-dealkylation sites (tertiary alicyclic amines) is 1. The summed E-state index contributed by atoms with van der Waals surface area (Å²) >= 11 is 0. The van der Waals surface area contributed by atoms with Crippen molar-refractivity contribution in [3.05, 3.63) is 59.4 Å². The quantitative estimate of drug-likeness (QED) is 0.404. The van der Waals surface area contributed by atoms with Crippen LogP contribution in [0.5, 0.6) is 11.5 Å². The number of fused-ring (bicyclic) bond motifs is 1. The molecule has 1 amide bonds. The summed E-state index contributed by atoms with van der Waals surface area (Å²) in [5, 5.41) is 11.2. The zero-order valence-electron chi connectivity index (χ0n) is 18.3. The van der Waals surface area contributed by atoms with Crippen LogP contribution in [0, 0.1) is 0 Å². The van der Waals surface area contributed by atoms with Crippen molar-refractivity contribution in [2.24, 2.45) is 0 Å². The molecule has 8 heteroatoms. The highest BCUT2D eigenvalue weighted by Crippen LogP contribution is 2.40. The van der Waals surface area contributed by atoms with Gasteiger partial charge in [-0.1, -0.05) is 13.8 Å². The van der Waals surface area contributed by atoms with Gasteiger partial charge in [0.25, 0.3) is 11.7 Å². The molecule has 0 bridgehead atoms. The molecule has 3 heterocycles. The van der Waals surface area contributed by atoms with Crippen LogP contribution >= 0.6 is 0 Å². The summed E-state index contributed by atoms with van der Waals surface area (Å²) in [4.78, 5) is 33.9. The maximum atomic E-state index is 13.1. The van der Waals surface area contributed by atoms with E-state index in [1.54, 1.807) is 47.6 Å². The number of aromatic nitrogens is 1. The van der Waals surface area contributed by atoms with Gasteiger partial charge in [0.05, 0.1) is 11.6 Å². The van der Waals surface area contributed by atoms with Crippen molar-refractivity contribution in [3.63, 3.8) is 0 Å². The molecule has 2 aliphatic heterocycles. The third kappa shape index (κ3) is 4.05. The predicted molar refractivity (Wildman–Crippen MR) is 118 cm³/mol. The molecule has 2 aromatic rings. The topological polar surface area (TPSA) is 92.2 Å². The molecule has 168 valence electrons. The van der Waals surface area contributed by atoms with Crippen LogP contribution in [0.15, 0.2) is 48.3 Å². The lowest BCUT2D eigenvalue weighted by Crippen LogP contribution is -2.38. The van der Waals surface area contributed by atoms with E-state index in [1.165, 1.54) is 0 Å². The molecule has 32 heavy (non-hydrogen) atoms. The minimum atomic E-state index is -0.696. The Morgan fingerprint density at radius 1 is 1.09 bits per heavy atom. The minimum Gasteiger partial charge on any atom is -0.507 e. The first-order valence-electron chi connectivity index (χ1n) is 10.9. The number of likely N-dealkylation sites (N-methyl/N-ethyl adjacent to an activating group) is 1. The molecule has 0 spiro atoms. The number of hydrogen-bond donors (Lipinski definition) is 1. The van der Waals surface area contributed by atoms with Crippen LogP contribution in [0.2, 0.25) is 0 Å². The SMILES string of the molecule is CCN(CC)CCN1C(=O)C(=O)/C(=C(\O)c2ccc3c(c2)OCCO3)C1c1ccncc1. The number of aliphatic hydroxyl groups is 1. The van der Waals surface area contributed by atoms with Crippen LogP contribution in [-0.2, 0) is 9.59 Å². The molecule has 4 rings (SSSR count). The molecule has 8 nitrogen and oxygen atoms in total. The second-order valence-electron chi connectivity index (χ2n) is 7.66. The first-order chi connectivity index (χ1) is 15.5. The molecule has 1 saturated heterocycles. The van der Waals surface area contributed by atoms with Gasteiger partial charge in [0, 0.05) is 31.0 Å². The average molecular weight is 437 g/mol. The molecule has 0 radical (unpaired) electrons. The van der Waals surface area contributed by atoms with Gasteiger partial charge in [-0.05, 0) is 49.0 Å². The molecule has 1 unspecified atom stereocenters. The van der Waals surface area contributed by atoms with E-state index in [0.717, 1.165) is 18.7 Å². The minimum absolute atomic E-state index is 0.0671. The molecular formula is C24H27N3O5. The summed E-state index contributed by atoms with van der Waals surface area (Å²) in [5.41, 5.74) is 1.19. The van der Waals surface area contributed by atoms with Crippen molar-refractivity contribution < 1.29 is 24.2 Å². The third-order valence-electron chi connectivity index (χ3n) is 5.93. The van der Waals surface area contributed by atoms with Crippen LogP contribution in [0.25, 0.3) is 5.76 Å². The van der Waals surface area contributed by atoms with Crippen molar-refractivity contribution in [2.45, 2.75) is 19.9 Å². The summed E-state index contributed by atoms with van der Waals surface area (Å²) in [6, 6.07) is 7.83.